The zero-order chi connectivity index (χ0) is 12.4. The van der Waals surface area contributed by atoms with E-state index in [2.05, 4.69) is 25.5 Å². The van der Waals surface area contributed by atoms with Gasteiger partial charge in [-0.2, -0.15) is 0 Å². The summed E-state index contributed by atoms with van der Waals surface area (Å²) in [6, 6.07) is 0. The van der Waals surface area contributed by atoms with Crippen LogP contribution in [0.1, 0.15) is 0 Å². The Morgan fingerprint density at radius 1 is 1.59 bits per heavy atom. The maximum absolute atomic E-state index is 11.2. The number of halogens is 1. The van der Waals surface area contributed by atoms with Gasteiger partial charge in [-0.05, 0) is 11.8 Å². The van der Waals surface area contributed by atoms with Crippen LogP contribution < -0.4 is 11.0 Å². The lowest BCUT2D eigenvalue weighted by Gasteiger charge is -2.03. The van der Waals surface area contributed by atoms with Crippen LogP contribution in [0.3, 0.4) is 0 Å². The number of hydrogen-bond acceptors (Lipinski definition) is 6. The molecule has 2 aromatic rings. The largest absolute Gasteiger partial charge is 0.357 e. The van der Waals surface area contributed by atoms with E-state index in [0.29, 0.717) is 21.2 Å². The summed E-state index contributed by atoms with van der Waals surface area (Å²) in [5.74, 6) is 0.456. The molecule has 0 unspecified atom stereocenters. The highest BCUT2D eigenvalue weighted by Crippen LogP contribution is 2.29. The molecule has 0 aliphatic carbocycles. The van der Waals surface area contributed by atoms with Crippen LogP contribution in [-0.2, 0) is 7.05 Å². The Bertz CT molecular complexity index is 594. The molecular weight excluding hydrogens is 264 g/mol. The van der Waals surface area contributed by atoms with Gasteiger partial charge in [-0.15, -0.1) is 5.10 Å². The number of aromatic nitrogens is 5. The molecule has 90 valence electrons. The number of anilines is 1. The van der Waals surface area contributed by atoms with E-state index in [9.17, 15) is 4.79 Å². The van der Waals surface area contributed by atoms with E-state index in [1.165, 1.54) is 22.5 Å². The first kappa shape index (κ1) is 11.9. The Labute approximate surface area is 106 Å². The minimum atomic E-state index is -0.286. The molecule has 0 saturated carbocycles. The summed E-state index contributed by atoms with van der Waals surface area (Å²) in [7, 11) is 3.32. The summed E-state index contributed by atoms with van der Waals surface area (Å²) >= 11 is 7.15. The van der Waals surface area contributed by atoms with Crippen LogP contribution in [0, 0.1) is 0 Å². The van der Waals surface area contributed by atoms with Gasteiger partial charge in [0.25, 0.3) is 0 Å². The third-order valence-corrected chi connectivity index (χ3v) is 3.40. The van der Waals surface area contributed by atoms with E-state index in [0.717, 1.165) is 0 Å². The number of hydrogen-bond donors (Lipinski definition) is 2. The number of H-pyrrole nitrogens is 1. The molecule has 0 aliphatic heterocycles. The predicted octanol–water partition coefficient (Wildman–Crippen LogP) is 0.745. The summed E-state index contributed by atoms with van der Waals surface area (Å²) < 4.78 is 1.38. The molecule has 0 aliphatic rings. The molecule has 0 amide bonds. The van der Waals surface area contributed by atoms with Gasteiger partial charge in [0.05, 0.1) is 11.2 Å². The summed E-state index contributed by atoms with van der Waals surface area (Å²) in [6.07, 6.45) is 1.49. The van der Waals surface area contributed by atoms with Crippen molar-refractivity contribution in [2.75, 3.05) is 12.4 Å². The predicted molar refractivity (Wildman–Crippen MR) is 64.5 cm³/mol. The summed E-state index contributed by atoms with van der Waals surface area (Å²) in [5, 5.41) is 10.4. The van der Waals surface area contributed by atoms with Gasteiger partial charge in [-0.1, -0.05) is 11.6 Å². The van der Waals surface area contributed by atoms with Crippen molar-refractivity contribution in [3.63, 3.8) is 0 Å². The second-order valence-corrected chi connectivity index (χ2v) is 4.43. The molecule has 2 N–H and O–H groups in total. The Morgan fingerprint density at radius 3 is 2.94 bits per heavy atom. The molecule has 2 heterocycles. The SMILES string of the molecule is CNc1ncc(Cl)c(Sc2n[nH]c(=O)n2C)n1. The van der Waals surface area contributed by atoms with Gasteiger partial charge < -0.3 is 5.32 Å². The van der Waals surface area contributed by atoms with Crippen molar-refractivity contribution in [2.45, 2.75) is 10.2 Å². The van der Waals surface area contributed by atoms with Gasteiger partial charge in [0.15, 0.2) is 5.16 Å². The Balaban J connectivity index is 2.35. The molecule has 9 heteroatoms. The van der Waals surface area contributed by atoms with Crippen molar-refractivity contribution in [1.82, 2.24) is 24.7 Å². The Morgan fingerprint density at radius 2 is 2.35 bits per heavy atom. The highest BCUT2D eigenvalue weighted by Gasteiger charge is 2.11. The first-order chi connectivity index (χ1) is 8.11. The van der Waals surface area contributed by atoms with Crippen LogP contribution in [0.2, 0.25) is 5.02 Å². The van der Waals surface area contributed by atoms with E-state index < -0.39 is 0 Å². The van der Waals surface area contributed by atoms with Crippen LogP contribution in [0.15, 0.2) is 21.2 Å². The molecule has 0 spiro atoms. The molecule has 2 rings (SSSR count). The number of rotatable bonds is 3. The fraction of sp³-hybridized carbons (Fsp3) is 0.250. The fourth-order valence-corrected chi connectivity index (χ4v) is 2.03. The highest BCUT2D eigenvalue weighted by molar-refractivity contribution is 7.99. The molecule has 0 fully saturated rings. The third kappa shape index (κ3) is 2.42. The summed E-state index contributed by atoms with van der Waals surface area (Å²) in [4.78, 5) is 19.3. The monoisotopic (exact) mass is 272 g/mol. The van der Waals surface area contributed by atoms with Gasteiger partial charge in [0.2, 0.25) is 5.95 Å². The van der Waals surface area contributed by atoms with E-state index >= 15 is 0 Å². The Kier molecular flexibility index (Phi) is 3.34. The number of nitrogens with one attached hydrogen (secondary N) is 2. The fourth-order valence-electron chi connectivity index (χ4n) is 1.05. The second-order valence-electron chi connectivity index (χ2n) is 3.07. The van der Waals surface area contributed by atoms with E-state index in [1.807, 2.05) is 0 Å². The van der Waals surface area contributed by atoms with Gasteiger partial charge in [0, 0.05) is 14.1 Å². The van der Waals surface area contributed by atoms with Crippen LogP contribution in [0.4, 0.5) is 5.95 Å². The lowest BCUT2D eigenvalue weighted by Crippen LogP contribution is -2.12. The maximum Gasteiger partial charge on any atom is 0.343 e. The summed E-state index contributed by atoms with van der Waals surface area (Å²) in [5.41, 5.74) is -0.286. The molecule has 0 aromatic carbocycles. The molecule has 0 bridgehead atoms. The minimum absolute atomic E-state index is 0.286. The number of aromatic amines is 1. The molecule has 0 saturated heterocycles. The average molecular weight is 273 g/mol. The van der Waals surface area contributed by atoms with Crippen LogP contribution in [0.5, 0.6) is 0 Å². The molecular formula is C8H9ClN6OS. The van der Waals surface area contributed by atoms with Crippen molar-refractivity contribution < 1.29 is 0 Å². The van der Waals surface area contributed by atoms with Crippen molar-refractivity contribution in [3.8, 4) is 0 Å². The van der Waals surface area contributed by atoms with Gasteiger partial charge in [-0.3, -0.25) is 4.57 Å². The highest BCUT2D eigenvalue weighted by atomic mass is 35.5. The van der Waals surface area contributed by atoms with Crippen LogP contribution in [-0.4, -0.2) is 31.8 Å². The first-order valence-corrected chi connectivity index (χ1v) is 5.81. The van der Waals surface area contributed by atoms with Crippen LogP contribution in [0.25, 0.3) is 0 Å². The smallest absolute Gasteiger partial charge is 0.343 e. The zero-order valence-electron chi connectivity index (χ0n) is 9.06. The lowest BCUT2D eigenvalue weighted by molar-refractivity contribution is 0.764. The van der Waals surface area contributed by atoms with Crippen molar-refractivity contribution >= 4 is 29.3 Å². The van der Waals surface area contributed by atoms with Gasteiger partial charge in [-0.25, -0.2) is 19.9 Å². The van der Waals surface area contributed by atoms with E-state index in [-0.39, 0.29) is 5.69 Å². The molecule has 0 atom stereocenters. The zero-order valence-corrected chi connectivity index (χ0v) is 10.6. The quantitative estimate of drug-likeness (QED) is 0.802. The molecule has 7 nitrogen and oxygen atoms in total. The lowest BCUT2D eigenvalue weighted by atomic mass is 10.6. The number of nitrogens with zero attached hydrogens (tertiary/aromatic N) is 4. The van der Waals surface area contributed by atoms with Crippen molar-refractivity contribution in [3.05, 3.63) is 21.7 Å². The third-order valence-electron chi connectivity index (χ3n) is 1.96. The molecule has 2 aromatic heterocycles. The van der Waals surface area contributed by atoms with Gasteiger partial charge in [0.1, 0.15) is 5.03 Å². The summed E-state index contributed by atoms with van der Waals surface area (Å²) in [6.45, 7) is 0. The van der Waals surface area contributed by atoms with Crippen LogP contribution >= 0.6 is 23.4 Å². The van der Waals surface area contributed by atoms with Gasteiger partial charge >= 0.3 is 5.69 Å². The normalized spacial score (nSPS) is 10.5. The minimum Gasteiger partial charge on any atom is -0.357 e. The standard InChI is InChI=1S/C8H9ClN6OS/c1-10-6-11-3-4(9)5(12-6)17-8-14-13-7(16)15(8)2/h3H,1-2H3,(H,13,16)(H,10,11,12). The van der Waals surface area contributed by atoms with Crippen molar-refractivity contribution in [2.24, 2.45) is 7.05 Å². The average Bonchev–Trinajstić information content (AvgIpc) is 2.64. The second kappa shape index (κ2) is 4.76. The Hall–Kier alpha value is -1.54. The molecule has 0 radical (unpaired) electrons. The topological polar surface area (TPSA) is 88.5 Å². The van der Waals surface area contributed by atoms with E-state index in [1.54, 1.807) is 14.1 Å². The maximum atomic E-state index is 11.2. The van der Waals surface area contributed by atoms with Crippen molar-refractivity contribution in [1.29, 1.82) is 0 Å². The molecule has 17 heavy (non-hydrogen) atoms. The first-order valence-electron chi connectivity index (χ1n) is 4.61. The van der Waals surface area contributed by atoms with E-state index in [4.69, 9.17) is 11.6 Å².